The lowest BCUT2D eigenvalue weighted by Gasteiger charge is -2.25. The zero-order valence-electron chi connectivity index (χ0n) is 21.0. The lowest BCUT2D eigenvalue weighted by Crippen LogP contribution is -2.23. The molecular weight excluding hydrogens is 444 g/mol. The third-order valence-electron chi connectivity index (χ3n) is 6.89. The van der Waals surface area contributed by atoms with Crippen molar-refractivity contribution < 1.29 is 24.9 Å². The summed E-state index contributed by atoms with van der Waals surface area (Å²) in [5.74, 6) is -0.295. The van der Waals surface area contributed by atoms with Crippen molar-refractivity contribution in [2.75, 3.05) is 7.11 Å². The van der Waals surface area contributed by atoms with Gasteiger partial charge in [0, 0.05) is 18.2 Å². The van der Waals surface area contributed by atoms with Gasteiger partial charge < -0.3 is 20.1 Å². The summed E-state index contributed by atoms with van der Waals surface area (Å²) in [7, 11) is 1.36. The van der Waals surface area contributed by atoms with Crippen LogP contribution in [0.25, 0.3) is 17.2 Å². The molecule has 2 aromatic rings. The average molecular weight is 485 g/mol. The fraction of sp³-hybridized carbons (Fsp3) is 0.571. The highest BCUT2D eigenvalue weighted by molar-refractivity contribution is 5.69. The number of nitrogens with zero attached hydrogens (tertiary/aromatic N) is 2. The Balaban J connectivity index is 1.79. The molecule has 192 valence electrons. The van der Waals surface area contributed by atoms with Crippen LogP contribution >= 0.6 is 0 Å². The first-order valence-corrected chi connectivity index (χ1v) is 12.9. The van der Waals surface area contributed by atoms with Gasteiger partial charge in [0.2, 0.25) is 0 Å². The maximum atomic E-state index is 11.4. The number of hydrogen-bond acceptors (Lipinski definition) is 6. The van der Waals surface area contributed by atoms with E-state index in [1.807, 2.05) is 29.1 Å². The molecule has 1 aromatic carbocycles. The Bertz CT molecular complexity index is 966. The van der Waals surface area contributed by atoms with Crippen molar-refractivity contribution >= 4 is 12.0 Å². The first-order valence-electron chi connectivity index (χ1n) is 12.9. The Morgan fingerprint density at radius 2 is 1.97 bits per heavy atom. The molecule has 1 aliphatic rings. The van der Waals surface area contributed by atoms with E-state index in [1.54, 1.807) is 12.2 Å². The van der Waals surface area contributed by atoms with E-state index < -0.39 is 18.3 Å². The second-order valence-electron chi connectivity index (χ2n) is 9.53. The number of aliphatic hydroxyl groups is 3. The molecule has 0 spiro atoms. The van der Waals surface area contributed by atoms with E-state index >= 15 is 0 Å². The van der Waals surface area contributed by atoms with Crippen LogP contribution in [0, 0.1) is 0 Å². The number of benzene rings is 1. The van der Waals surface area contributed by atoms with Gasteiger partial charge in [-0.15, -0.1) is 0 Å². The first kappa shape index (κ1) is 27.1. The zero-order valence-corrected chi connectivity index (χ0v) is 21.0. The topological polar surface area (TPSA) is 105 Å². The van der Waals surface area contributed by atoms with Crippen LogP contribution in [-0.4, -0.2) is 50.4 Å². The predicted molar refractivity (Wildman–Crippen MR) is 137 cm³/mol. The Labute approximate surface area is 208 Å². The molecule has 3 N–H and O–H groups in total. The Kier molecular flexibility index (Phi) is 10.5. The van der Waals surface area contributed by atoms with Gasteiger partial charge in [0.1, 0.15) is 0 Å². The standard InChI is InChI=1S/C28H40N2O5/c1-3-4-5-10-26(32)27(33)16-14-21-17-20(22-18-29-30(19-22)23-8-6-9-23)13-15-24(21)25(31)11-7-12-28(34)35-2/h13-19,23,25-27,31-33H,3-12H2,1-2H3/b16-14+/t25?,26-,27+/m0/s1. The third-order valence-corrected chi connectivity index (χ3v) is 6.89. The highest BCUT2D eigenvalue weighted by Gasteiger charge is 2.21. The molecule has 1 unspecified atom stereocenters. The largest absolute Gasteiger partial charge is 0.469 e. The van der Waals surface area contributed by atoms with Crippen LogP contribution in [0.1, 0.15) is 94.4 Å². The molecule has 1 aromatic heterocycles. The van der Waals surface area contributed by atoms with Crippen LogP contribution in [0.15, 0.2) is 36.7 Å². The fourth-order valence-corrected chi connectivity index (χ4v) is 4.34. The second-order valence-corrected chi connectivity index (χ2v) is 9.53. The summed E-state index contributed by atoms with van der Waals surface area (Å²) in [5, 5.41) is 36.2. The number of hydrogen-bond donors (Lipinski definition) is 3. The van der Waals surface area contributed by atoms with Crippen LogP contribution in [0.2, 0.25) is 0 Å². The van der Waals surface area contributed by atoms with Crippen molar-refractivity contribution in [1.29, 1.82) is 0 Å². The number of esters is 1. The van der Waals surface area contributed by atoms with E-state index in [0.717, 1.165) is 48.8 Å². The van der Waals surface area contributed by atoms with Crippen LogP contribution in [0.5, 0.6) is 0 Å². The van der Waals surface area contributed by atoms with Gasteiger partial charge in [-0.3, -0.25) is 9.48 Å². The average Bonchev–Trinajstić information content (AvgIpc) is 3.30. The number of ether oxygens (including phenoxy) is 1. The van der Waals surface area contributed by atoms with Gasteiger partial charge >= 0.3 is 5.97 Å². The van der Waals surface area contributed by atoms with Crippen LogP contribution in [0.4, 0.5) is 0 Å². The Morgan fingerprint density at radius 1 is 1.17 bits per heavy atom. The molecule has 0 aliphatic heterocycles. The Hall–Kier alpha value is -2.48. The molecule has 7 nitrogen and oxygen atoms in total. The first-order chi connectivity index (χ1) is 16.9. The maximum Gasteiger partial charge on any atom is 0.305 e. The minimum absolute atomic E-state index is 0.250. The number of carbonyl (C=O) groups is 1. The van der Waals surface area contributed by atoms with Crippen LogP contribution in [-0.2, 0) is 9.53 Å². The van der Waals surface area contributed by atoms with Gasteiger partial charge in [-0.25, -0.2) is 0 Å². The molecule has 0 radical (unpaired) electrons. The smallest absolute Gasteiger partial charge is 0.305 e. The fourth-order valence-electron chi connectivity index (χ4n) is 4.34. The van der Waals surface area contributed by atoms with Gasteiger partial charge in [-0.2, -0.15) is 5.10 Å². The van der Waals surface area contributed by atoms with E-state index in [4.69, 9.17) is 0 Å². The summed E-state index contributed by atoms with van der Waals surface area (Å²) in [6.45, 7) is 2.10. The molecule has 0 saturated heterocycles. The zero-order chi connectivity index (χ0) is 25.2. The molecule has 0 amide bonds. The quantitative estimate of drug-likeness (QED) is 0.258. The molecular formula is C28H40N2O5. The van der Waals surface area contributed by atoms with Crippen molar-refractivity contribution in [1.82, 2.24) is 9.78 Å². The van der Waals surface area contributed by atoms with Crippen molar-refractivity contribution in [3.05, 3.63) is 47.8 Å². The Morgan fingerprint density at radius 3 is 2.66 bits per heavy atom. The van der Waals surface area contributed by atoms with E-state index in [9.17, 15) is 20.1 Å². The summed E-state index contributed by atoms with van der Waals surface area (Å²) in [4.78, 5) is 11.4. The normalized spacial score (nSPS) is 16.7. The van der Waals surface area contributed by atoms with Crippen molar-refractivity contribution in [2.45, 2.75) is 95.5 Å². The number of aromatic nitrogens is 2. The van der Waals surface area contributed by atoms with Gasteiger partial charge in [-0.05, 0) is 61.3 Å². The van der Waals surface area contributed by atoms with E-state index in [2.05, 4.69) is 23.0 Å². The molecule has 35 heavy (non-hydrogen) atoms. The number of unbranched alkanes of at least 4 members (excludes halogenated alkanes) is 2. The summed E-state index contributed by atoms with van der Waals surface area (Å²) < 4.78 is 6.72. The third kappa shape index (κ3) is 7.75. The molecule has 1 fully saturated rings. The van der Waals surface area contributed by atoms with E-state index in [0.29, 0.717) is 30.9 Å². The summed E-state index contributed by atoms with van der Waals surface area (Å²) in [6, 6.07) is 6.31. The lowest BCUT2D eigenvalue weighted by atomic mass is 9.93. The number of methoxy groups -OCH3 is 1. The SMILES string of the molecule is CCCCC[C@H](O)[C@H](O)/C=C/c1cc(-c2cnn(C3CCC3)c2)ccc1C(O)CCCC(=O)OC. The molecule has 0 bridgehead atoms. The van der Waals surface area contributed by atoms with Gasteiger partial charge in [-0.1, -0.05) is 50.5 Å². The predicted octanol–water partition coefficient (Wildman–Crippen LogP) is 4.97. The van der Waals surface area contributed by atoms with E-state index in [1.165, 1.54) is 13.5 Å². The molecule has 3 atom stereocenters. The number of aliphatic hydroxyl groups excluding tert-OH is 3. The van der Waals surface area contributed by atoms with Crippen LogP contribution in [0.3, 0.4) is 0 Å². The molecule has 3 rings (SSSR count). The molecule has 7 heteroatoms. The molecule has 1 saturated carbocycles. The van der Waals surface area contributed by atoms with Gasteiger partial charge in [0.15, 0.2) is 0 Å². The van der Waals surface area contributed by atoms with Crippen molar-refractivity contribution in [2.24, 2.45) is 0 Å². The van der Waals surface area contributed by atoms with Gasteiger partial charge in [0.25, 0.3) is 0 Å². The summed E-state index contributed by atoms with van der Waals surface area (Å²) >= 11 is 0. The van der Waals surface area contributed by atoms with Crippen molar-refractivity contribution in [3.63, 3.8) is 0 Å². The lowest BCUT2D eigenvalue weighted by molar-refractivity contribution is -0.140. The summed E-state index contributed by atoms with van der Waals surface area (Å²) in [5.41, 5.74) is 3.45. The molecule has 1 heterocycles. The number of rotatable bonds is 14. The molecule has 1 aliphatic carbocycles. The minimum atomic E-state index is -0.985. The maximum absolute atomic E-state index is 11.4. The highest BCUT2D eigenvalue weighted by atomic mass is 16.5. The second kappa shape index (κ2) is 13.6. The highest BCUT2D eigenvalue weighted by Crippen LogP contribution is 2.33. The number of carbonyl (C=O) groups excluding carboxylic acids is 1. The van der Waals surface area contributed by atoms with Gasteiger partial charge in [0.05, 0.1) is 37.7 Å². The summed E-state index contributed by atoms with van der Waals surface area (Å²) in [6.07, 6.45) is 12.9. The minimum Gasteiger partial charge on any atom is -0.469 e. The van der Waals surface area contributed by atoms with Crippen molar-refractivity contribution in [3.8, 4) is 11.1 Å². The van der Waals surface area contributed by atoms with Crippen LogP contribution < -0.4 is 0 Å². The van der Waals surface area contributed by atoms with E-state index in [-0.39, 0.29) is 12.4 Å². The monoisotopic (exact) mass is 484 g/mol.